The van der Waals surface area contributed by atoms with Crippen molar-refractivity contribution in [2.45, 2.75) is 26.3 Å². The monoisotopic (exact) mass is 458 g/mol. The Bertz CT molecular complexity index is 1050. The number of anilines is 1. The Balaban J connectivity index is 1.73. The number of amides is 2. The Morgan fingerprint density at radius 2 is 1.84 bits per heavy atom. The van der Waals surface area contributed by atoms with Crippen LogP contribution < -0.4 is 15.4 Å². The maximum Gasteiger partial charge on any atom is 0.253 e. The van der Waals surface area contributed by atoms with Crippen LogP contribution in [0.5, 0.6) is 5.75 Å². The molecule has 0 saturated heterocycles. The molecule has 0 aliphatic heterocycles. The molecule has 0 radical (unpaired) electrons. The van der Waals surface area contributed by atoms with Crippen LogP contribution in [-0.4, -0.2) is 35.2 Å². The molecule has 0 bridgehead atoms. The van der Waals surface area contributed by atoms with Gasteiger partial charge in [0.25, 0.3) is 5.91 Å². The lowest BCUT2D eigenvalue weighted by Gasteiger charge is -2.23. The molecule has 0 saturated carbocycles. The average molecular weight is 459 g/mol. The topological polar surface area (TPSA) is 93.2 Å². The van der Waals surface area contributed by atoms with Crippen LogP contribution in [0.4, 0.5) is 5.13 Å². The van der Waals surface area contributed by atoms with Crippen LogP contribution in [-0.2, 0) is 4.79 Å². The van der Waals surface area contributed by atoms with Crippen molar-refractivity contribution in [3.05, 3.63) is 59.1 Å². The molecule has 2 unspecified atom stereocenters. The molecule has 1 heterocycles. The van der Waals surface area contributed by atoms with Gasteiger partial charge in [-0.25, -0.2) is 0 Å². The van der Waals surface area contributed by atoms with Gasteiger partial charge in [0.1, 0.15) is 16.8 Å². The van der Waals surface area contributed by atoms with E-state index >= 15 is 0 Å². The summed E-state index contributed by atoms with van der Waals surface area (Å²) in [5.74, 6) is -0.109. The normalized spacial score (nSPS) is 12.6. The molecule has 0 fully saturated rings. The highest BCUT2D eigenvalue weighted by Crippen LogP contribution is 2.28. The van der Waals surface area contributed by atoms with Crippen LogP contribution in [0.3, 0.4) is 0 Å². The molecular weight excluding hydrogens is 436 g/mol. The van der Waals surface area contributed by atoms with Crippen LogP contribution in [0.1, 0.15) is 30.6 Å². The summed E-state index contributed by atoms with van der Waals surface area (Å²) in [4.78, 5) is 25.6. The molecule has 2 aromatic carbocycles. The van der Waals surface area contributed by atoms with Crippen molar-refractivity contribution in [2.75, 3.05) is 12.4 Å². The maximum absolute atomic E-state index is 13.0. The molecule has 3 rings (SSSR count). The number of nitrogens with one attached hydrogen (secondary N) is 2. The number of carbonyl (C=O) groups is 2. The fourth-order valence-corrected chi connectivity index (χ4v) is 3.85. The quantitative estimate of drug-likeness (QED) is 0.512. The Labute approximate surface area is 189 Å². The van der Waals surface area contributed by atoms with Crippen LogP contribution in [0.25, 0.3) is 10.6 Å². The average Bonchev–Trinajstić information content (AvgIpc) is 3.25. The van der Waals surface area contributed by atoms with E-state index in [1.54, 1.807) is 31.4 Å². The lowest BCUT2D eigenvalue weighted by atomic mass is 9.98. The number of carbonyl (C=O) groups excluding carboxylic acids is 2. The maximum atomic E-state index is 13.0. The van der Waals surface area contributed by atoms with Crippen molar-refractivity contribution in [3.63, 3.8) is 0 Å². The van der Waals surface area contributed by atoms with E-state index < -0.39 is 11.9 Å². The van der Waals surface area contributed by atoms with Crippen molar-refractivity contribution in [1.29, 1.82) is 0 Å². The minimum absolute atomic E-state index is 0.0968. The first-order chi connectivity index (χ1) is 14.9. The lowest BCUT2D eigenvalue weighted by Crippen LogP contribution is -2.47. The molecule has 0 spiro atoms. The third-order valence-electron chi connectivity index (χ3n) is 4.89. The molecular formula is C22H23ClN4O3S. The number of aromatic nitrogens is 2. The van der Waals surface area contributed by atoms with E-state index in [2.05, 4.69) is 20.8 Å². The second kappa shape index (κ2) is 10.4. The molecule has 0 aliphatic carbocycles. The van der Waals surface area contributed by atoms with Crippen molar-refractivity contribution in [3.8, 4) is 16.3 Å². The third-order valence-corrected chi connectivity index (χ3v) is 6.11. The smallest absolute Gasteiger partial charge is 0.253 e. The minimum atomic E-state index is -0.748. The summed E-state index contributed by atoms with van der Waals surface area (Å²) in [5, 5.41) is 15.1. The summed E-state index contributed by atoms with van der Waals surface area (Å²) in [6, 6.07) is 13.4. The molecule has 1 aromatic heterocycles. The first kappa shape index (κ1) is 22.7. The molecule has 3 aromatic rings. The van der Waals surface area contributed by atoms with E-state index in [0.29, 0.717) is 27.1 Å². The summed E-state index contributed by atoms with van der Waals surface area (Å²) in [6.07, 6.45) is 0.702. The number of hydrogen-bond acceptors (Lipinski definition) is 6. The predicted octanol–water partition coefficient (Wildman–Crippen LogP) is 4.65. The SMILES string of the molecule is CCC(C)C(NC(=O)c1ccccc1Cl)C(=O)Nc1nnc(-c2ccc(OC)cc2)s1. The van der Waals surface area contributed by atoms with Gasteiger partial charge in [0, 0.05) is 5.56 Å². The molecule has 2 atom stereocenters. The van der Waals surface area contributed by atoms with Gasteiger partial charge in [0.15, 0.2) is 0 Å². The summed E-state index contributed by atoms with van der Waals surface area (Å²) < 4.78 is 5.16. The Morgan fingerprint density at radius 3 is 2.48 bits per heavy atom. The Kier molecular flexibility index (Phi) is 7.59. The van der Waals surface area contributed by atoms with Gasteiger partial charge in [-0.3, -0.25) is 14.9 Å². The molecule has 7 nitrogen and oxygen atoms in total. The van der Waals surface area contributed by atoms with Crippen molar-refractivity contribution in [2.24, 2.45) is 5.92 Å². The summed E-state index contributed by atoms with van der Waals surface area (Å²) >= 11 is 7.37. The summed E-state index contributed by atoms with van der Waals surface area (Å²) in [6.45, 7) is 3.86. The van der Waals surface area contributed by atoms with Crippen molar-refractivity contribution in [1.82, 2.24) is 15.5 Å². The first-order valence-corrected chi connectivity index (χ1v) is 11.0. The van der Waals surface area contributed by atoms with Gasteiger partial charge >= 0.3 is 0 Å². The highest BCUT2D eigenvalue weighted by molar-refractivity contribution is 7.18. The van der Waals surface area contributed by atoms with Crippen LogP contribution in [0, 0.1) is 5.92 Å². The molecule has 162 valence electrons. The van der Waals surface area contributed by atoms with Crippen molar-refractivity contribution < 1.29 is 14.3 Å². The van der Waals surface area contributed by atoms with Gasteiger partial charge in [-0.1, -0.05) is 55.3 Å². The zero-order valence-electron chi connectivity index (χ0n) is 17.4. The van der Waals surface area contributed by atoms with E-state index in [0.717, 1.165) is 11.3 Å². The summed E-state index contributed by atoms with van der Waals surface area (Å²) in [5.41, 5.74) is 1.19. The van der Waals surface area contributed by atoms with Gasteiger partial charge in [-0.15, -0.1) is 10.2 Å². The second-order valence-corrected chi connectivity index (χ2v) is 8.33. The van der Waals surface area contributed by atoms with Gasteiger partial charge in [0.05, 0.1) is 17.7 Å². The predicted molar refractivity (Wildman–Crippen MR) is 123 cm³/mol. The minimum Gasteiger partial charge on any atom is -0.497 e. The van der Waals surface area contributed by atoms with E-state index in [1.807, 2.05) is 38.1 Å². The number of hydrogen-bond donors (Lipinski definition) is 2. The van der Waals surface area contributed by atoms with Gasteiger partial charge in [0.2, 0.25) is 11.0 Å². The molecule has 9 heteroatoms. The van der Waals surface area contributed by atoms with Crippen LogP contribution >= 0.6 is 22.9 Å². The van der Waals surface area contributed by atoms with Gasteiger partial charge in [-0.2, -0.15) is 0 Å². The molecule has 0 aliphatic rings. The number of ether oxygens (including phenoxy) is 1. The van der Waals surface area contributed by atoms with Crippen LogP contribution in [0.2, 0.25) is 5.02 Å². The molecule has 31 heavy (non-hydrogen) atoms. The second-order valence-electron chi connectivity index (χ2n) is 6.95. The third kappa shape index (κ3) is 5.59. The highest BCUT2D eigenvalue weighted by Gasteiger charge is 2.28. The van der Waals surface area contributed by atoms with E-state index in [9.17, 15) is 9.59 Å². The lowest BCUT2D eigenvalue weighted by molar-refractivity contribution is -0.119. The zero-order valence-corrected chi connectivity index (χ0v) is 19.0. The van der Waals surface area contributed by atoms with E-state index in [-0.39, 0.29) is 11.8 Å². The molecule has 2 amide bonds. The number of nitrogens with zero attached hydrogens (tertiary/aromatic N) is 2. The molecule has 2 N–H and O–H groups in total. The Morgan fingerprint density at radius 1 is 1.13 bits per heavy atom. The zero-order chi connectivity index (χ0) is 22.4. The first-order valence-electron chi connectivity index (χ1n) is 9.77. The highest BCUT2D eigenvalue weighted by atomic mass is 35.5. The largest absolute Gasteiger partial charge is 0.497 e. The summed E-state index contributed by atoms with van der Waals surface area (Å²) in [7, 11) is 1.60. The van der Waals surface area contributed by atoms with Gasteiger partial charge < -0.3 is 10.1 Å². The standard InChI is InChI=1S/C22H23ClN4O3S/c1-4-13(2)18(24-19(28)16-7-5-6-8-17(16)23)20(29)25-22-27-26-21(31-22)14-9-11-15(30-3)12-10-14/h5-13,18H,4H2,1-3H3,(H,24,28)(H,25,27,29). The fourth-order valence-electron chi connectivity index (χ4n) is 2.87. The number of rotatable bonds is 8. The van der Waals surface area contributed by atoms with Crippen LogP contribution in [0.15, 0.2) is 48.5 Å². The number of methoxy groups -OCH3 is 1. The Hall–Kier alpha value is -2.97. The van der Waals surface area contributed by atoms with E-state index in [4.69, 9.17) is 16.3 Å². The van der Waals surface area contributed by atoms with E-state index in [1.165, 1.54) is 11.3 Å². The fraction of sp³-hybridized carbons (Fsp3) is 0.273. The van der Waals surface area contributed by atoms with Gasteiger partial charge in [-0.05, 0) is 42.3 Å². The number of benzene rings is 2. The van der Waals surface area contributed by atoms with Crippen molar-refractivity contribution >= 4 is 39.9 Å². The number of halogens is 1.